The van der Waals surface area contributed by atoms with Crippen LogP contribution in [0.4, 0.5) is 5.69 Å². The minimum Gasteiger partial charge on any atom is -0.495 e. The lowest BCUT2D eigenvalue weighted by molar-refractivity contribution is -0.135. The smallest absolute Gasteiger partial charge is 0.238 e. The molecule has 0 radical (unpaired) electrons. The summed E-state index contributed by atoms with van der Waals surface area (Å²) in [5, 5.41) is 7.88. The Bertz CT molecular complexity index is 812. The Hall–Kier alpha value is -2.13. The second-order valence-corrected chi connectivity index (χ2v) is 8.33. The number of piperidine rings is 1. The van der Waals surface area contributed by atoms with Crippen LogP contribution in [0, 0.1) is 11.8 Å². The molecule has 0 spiro atoms. The molecule has 1 aromatic carbocycles. The molecule has 2 fully saturated rings. The number of nitrogens with two attached hydrogens (primary N) is 1. The number of nitrogens with zero attached hydrogens (tertiary/aromatic N) is 1. The third kappa shape index (κ3) is 4.16. The number of hydrogen-bond acceptors (Lipinski definition) is 5. The average Bonchev–Trinajstić information content (AvgIpc) is 3.45. The van der Waals surface area contributed by atoms with Crippen molar-refractivity contribution < 1.29 is 22.7 Å². The molecular weight excluding hydrogens is 358 g/mol. The highest BCUT2D eigenvalue weighted by Crippen LogP contribution is 2.33. The summed E-state index contributed by atoms with van der Waals surface area (Å²) in [4.78, 5) is 26.4. The van der Waals surface area contributed by atoms with Crippen LogP contribution >= 0.6 is 0 Å². The number of sulfonamides is 1. The molecule has 0 atom stereocenters. The van der Waals surface area contributed by atoms with E-state index in [0.29, 0.717) is 31.7 Å². The lowest BCUT2D eigenvalue weighted by atomic mass is 9.95. The summed E-state index contributed by atoms with van der Waals surface area (Å²) in [6.45, 7) is 1.14. The maximum atomic E-state index is 12.6. The zero-order valence-electron chi connectivity index (χ0n) is 14.6. The average molecular weight is 381 g/mol. The van der Waals surface area contributed by atoms with Crippen molar-refractivity contribution in [2.75, 3.05) is 25.5 Å². The Kier molecular flexibility index (Phi) is 5.19. The number of likely N-dealkylation sites (tertiary alicyclic amines) is 1. The van der Waals surface area contributed by atoms with Gasteiger partial charge in [-0.2, -0.15) is 0 Å². The number of carbonyl (C=O) groups is 2. The van der Waals surface area contributed by atoms with Gasteiger partial charge in [-0.25, -0.2) is 13.6 Å². The maximum absolute atomic E-state index is 12.6. The summed E-state index contributed by atoms with van der Waals surface area (Å²) in [5.41, 5.74) is 0.264. The molecule has 1 aliphatic heterocycles. The maximum Gasteiger partial charge on any atom is 0.238 e. The largest absolute Gasteiger partial charge is 0.495 e. The Labute approximate surface area is 152 Å². The molecule has 2 amide bonds. The van der Waals surface area contributed by atoms with Gasteiger partial charge in [-0.15, -0.1) is 0 Å². The number of rotatable bonds is 5. The number of nitrogens with one attached hydrogen (secondary N) is 1. The minimum absolute atomic E-state index is 0.0987. The molecule has 3 rings (SSSR count). The van der Waals surface area contributed by atoms with Crippen LogP contribution in [0.3, 0.4) is 0 Å². The molecule has 1 saturated carbocycles. The van der Waals surface area contributed by atoms with Gasteiger partial charge in [0.1, 0.15) is 5.75 Å². The number of benzene rings is 1. The summed E-state index contributed by atoms with van der Waals surface area (Å²) in [6.07, 6.45) is 3.11. The van der Waals surface area contributed by atoms with Crippen molar-refractivity contribution >= 4 is 27.5 Å². The Morgan fingerprint density at radius 3 is 2.35 bits per heavy atom. The molecule has 26 heavy (non-hydrogen) atoms. The van der Waals surface area contributed by atoms with Crippen molar-refractivity contribution in [2.45, 2.75) is 30.6 Å². The number of carbonyl (C=O) groups excluding carboxylic acids is 2. The molecule has 0 bridgehead atoms. The number of primary sulfonamides is 1. The van der Waals surface area contributed by atoms with Crippen LogP contribution < -0.4 is 15.2 Å². The van der Waals surface area contributed by atoms with Crippen molar-refractivity contribution in [3.63, 3.8) is 0 Å². The van der Waals surface area contributed by atoms with Crippen LogP contribution in [0.1, 0.15) is 25.7 Å². The van der Waals surface area contributed by atoms with Gasteiger partial charge in [-0.05, 0) is 43.9 Å². The molecule has 1 heterocycles. The van der Waals surface area contributed by atoms with E-state index >= 15 is 0 Å². The normalized spacial score (nSPS) is 18.5. The SMILES string of the molecule is COc1ccc(S(N)(=O)=O)cc1NC(=O)C1CCN(C(=O)C2CC2)CC1. The van der Waals surface area contributed by atoms with Crippen molar-refractivity contribution in [1.82, 2.24) is 4.90 Å². The third-order valence-corrected chi connectivity index (χ3v) is 5.77. The van der Waals surface area contributed by atoms with E-state index in [9.17, 15) is 18.0 Å². The predicted octanol–water partition coefficient (Wildman–Crippen LogP) is 0.930. The van der Waals surface area contributed by atoms with Crippen molar-refractivity contribution in [3.05, 3.63) is 18.2 Å². The standard InChI is InChI=1S/C17H23N3O5S/c1-25-15-5-4-13(26(18,23)24)10-14(15)19-16(21)11-6-8-20(9-7-11)17(22)12-2-3-12/h4-5,10-12H,2-3,6-9H2,1H3,(H,19,21)(H2,18,23,24). The van der Waals surface area contributed by atoms with Gasteiger partial charge in [-0.1, -0.05) is 0 Å². The predicted molar refractivity (Wildman–Crippen MR) is 95.0 cm³/mol. The summed E-state index contributed by atoms with van der Waals surface area (Å²) >= 11 is 0. The summed E-state index contributed by atoms with van der Waals surface area (Å²) in [6, 6.07) is 4.07. The lowest BCUT2D eigenvalue weighted by Crippen LogP contribution is -2.42. The fourth-order valence-electron chi connectivity index (χ4n) is 3.15. The second-order valence-electron chi connectivity index (χ2n) is 6.77. The fraction of sp³-hybridized carbons (Fsp3) is 0.529. The second kappa shape index (κ2) is 7.24. The van der Waals surface area contributed by atoms with Crippen LogP contribution in [0.2, 0.25) is 0 Å². The summed E-state index contributed by atoms with van der Waals surface area (Å²) < 4.78 is 28.2. The van der Waals surface area contributed by atoms with E-state index in [0.717, 1.165) is 12.8 Å². The Morgan fingerprint density at radius 1 is 1.15 bits per heavy atom. The van der Waals surface area contributed by atoms with E-state index in [1.54, 1.807) is 0 Å². The first-order valence-electron chi connectivity index (χ1n) is 8.60. The quantitative estimate of drug-likeness (QED) is 0.786. The Balaban J connectivity index is 1.65. The van der Waals surface area contributed by atoms with E-state index in [1.165, 1.54) is 25.3 Å². The van der Waals surface area contributed by atoms with E-state index in [2.05, 4.69) is 5.32 Å². The molecular formula is C17H23N3O5S. The third-order valence-electron chi connectivity index (χ3n) is 4.86. The van der Waals surface area contributed by atoms with Gasteiger partial charge in [0.05, 0.1) is 17.7 Å². The highest BCUT2D eigenvalue weighted by molar-refractivity contribution is 7.89. The monoisotopic (exact) mass is 381 g/mol. The van der Waals surface area contributed by atoms with Gasteiger partial charge in [0, 0.05) is 24.9 Å². The zero-order chi connectivity index (χ0) is 18.9. The van der Waals surface area contributed by atoms with Crippen molar-refractivity contribution in [1.29, 1.82) is 0 Å². The summed E-state index contributed by atoms with van der Waals surface area (Å²) in [5.74, 6) is 0.290. The van der Waals surface area contributed by atoms with Gasteiger partial charge in [0.15, 0.2) is 0 Å². The van der Waals surface area contributed by atoms with Crippen LogP contribution in [0.25, 0.3) is 0 Å². The molecule has 142 valence electrons. The van der Waals surface area contributed by atoms with Crippen LogP contribution in [-0.2, 0) is 19.6 Å². The number of anilines is 1. The highest BCUT2D eigenvalue weighted by atomic mass is 32.2. The van der Waals surface area contributed by atoms with Crippen LogP contribution in [-0.4, -0.2) is 45.3 Å². The molecule has 0 aromatic heterocycles. The molecule has 1 saturated heterocycles. The number of amides is 2. The molecule has 1 aliphatic carbocycles. The summed E-state index contributed by atoms with van der Waals surface area (Å²) in [7, 11) is -2.45. The van der Waals surface area contributed by atoms with Gasteiger partial charge >= 0.3 is 0 Å². The first-order chi connectivity index (χ1) is 12.3. The number of ether oxygens (including phenoxy) is 1. The lowest BCUT2D eigenvalue weighted by Gasteiger charge is -2.31. The first-order valence-corrected chi connectivity index (χ1v) is 10.1. The van der Waals surface area contributed by atoms with Crippen LogP contribution in [0.5, 0.6) is 5.75 Å². The fourth-order valence-corrected chi connectivity index (χ4v) is 3.69. The van der Waals surface area contributed by atoms with Crippen LogP contribution in [0.15, 0.2) is 23.1 Å². The van der Waals surface area contributed by atoms with Crippen molar-refractivity contribution in [2.24, 2.45) is 17.0 Å². The molecule has 2 aliphatic rings. The van der Waals surface area contributed by atoms with E-state index in [1.807, 2.05) is 4.90 Å². The van der Waals surface area contributed by atoms with Crippen molar-refractivity contribution in [3.8, 4) is 5.75 Å². The van der Waals surface area contributed by atoms with Gasteiger partial charge in [-0.3, -0.25) is 9.59 Å². The highest BCUT2D eigenvalue weighted by Gasteiger charge is 2.36. The van der Waals surface area contributed by atoms with E-state index in [-0.39, 0.29) is 34.2 Å². The molecule has 3 N–H and O–H groups in total. The topological polar surface area (TPSA) is 119 Å². The van der Waals surface area contributed by atoms with E-state index in [4.69, 9.17) is 9.88 Å². The molecule has 8 nitrogen and oxygen atoms in total. The minimum atomic E-state index is -3.88. The number of hydrogen-bond donors (Lipinski definition) is 2. The molecule has 9 heteroatoms. The van der Waals surface area contributed by atoms with Gasteiger partial charge < -0.3 is 15.0 Å². The zero-order valence-corrected chi connectivity index (χ0v) is 15.4. The molecule has 0 unspecified atom stereocenters. The molecule has 1 aromatic rings. The van der Waals surface area contributed by atoms with Gasteiger partial charge in [0.2, 0.25) is 21.8 Å². The van der Waals surface area contributed by atoms with Gasteiger partial charge in [0.25, 0.3) is 0 Å². The first kappa shape index (κ1) is 18.7. The van der Waals surface area contributed by atoms with E-state index < -0.39 is 10.0 Å². The Morgan fingerprint density at radius 2 is 1.81 bits per heavy atom. The number of methoxy groups -OCH3 is 1.